The van der Waals surface area contributed by atoms with Crippen LogP contribution >= 0.6 is 0 Å². The number of benzene rings is 1. The first-order valence-corrected chi connectivity index (χ1v) is 8.32. The largest absolute Gasteiger partial charge is 0.466 e. The Morgan fingerprint density at radius 3 is 2.92 bits per heavy atom. The Balaban J connectivity index is 1.86. The summed E-state index contributed by atoms with van der Waals surface area (Å²) in [6, 6.07) is 7.46. The van der Waals surface area contributed by atoms with Crippen LogP contribution < -0.4 is 0 Å². The minimum absolute atomic E-state index is 0.172. The van der Waals surface area contributed by atoms with Gasteiger partial charge in [-0.05, 0) is 26.0 Å². The maximum absolute atomic E-state index is 12.3. The van der Waals surface area contributed by atoms with Crippen molar-refractivity contribution < 1.29 is 24.2 Å². The maximum atomic E-state index is 12.3. The lowest BCUT2D eigenvalue weighted by molar-refractivity contribution is -0.198. The molecule has 4 rings (SSSR count). The van der Waals surface area contributed by atoms with Crippen molar-refractivity contribution in [2.24, 2.45) is 0 Å². The zero-order valence-electron chi connectivity index (χ0n) is 14.0. The highest BCUT2D eigenvalue weighted by atomic mass is 16.6. The van der Waals surface area contributed by atoms with Gasteiger partial charge in [-0.15, -0.1) is 0 Å². The van der Waals surface area contributed by atoms with Crippen LogP contribution in [0.25, 0.3) is 0 Å². The molecule has 2 bridgehead atoms. The predicted molar refractivity (Wildman–Crippen MR) is 86.3 cm³/mol. The molecular formula is C18H23NO5. The van der Waals surface area contributed by atoms with E-state index in [1.807, 2.05) is 36.2 Å². The topological polar surface area (TPSA) is 76.1 Å². The Labute approximate surface area is 141 Å². The molecule has 1 N–H and O–H groups in total. The number of hydrogen-bond acceptors (Lipinski definition) is 6. The number of carbonyl (C=O) groups excluding carboxylic acids is 2. The Bertz CT molecular complexity index is 646. The SMILES string of the molecule is CCOC(=O)CCN(C)[C@@H]1C[C@H]2C(=O)O[C@]1(CO)c1ccccc12. The molecule has 0 spiro atoms. The molecule has 0 saturated carbocycles. The number of rotatable bonds is 6. The average molecular weight is 333 g/mol. The van der Waals surface area contributed by atoms with E-state index in [4.69, 9.17) is 9.47 Å². The molecule has 3 atom stereocenters. The van der Waals surface area contributed by atoms with Crippen molar-refractivity contribution in [1.82, 2.24) is 4.90 Å². The summed E-state index contributed by atoms with van der Waals surface area (Å²) in [7, 11) is 1.89. The van der Waals surface area contributed by atoms with E-state index in [1.165, 1.54) is 0 Å². The highest BCUT2D eigenvalue weighted by molar-refractivity contribution is 5.83. The Morgan fingerprint density at radius 1 is 1.46 bits per heavy atom. The van der Waals surface area contributed by atoms with Gasteiger partial charge in [0.05, 0.1) is 31.6 Å². The summed E-state index contributed by atoms with van der Waals surface area (Å²) in [5.41, 5.74) is 0.750. The second-order valence-electron chi connectivity index (χ2n) is 6.40. The van der Waals surface area contributed by atoms with Crippen LogP contribution in [-0.4, -0.2) is 54.8 Å². The van der Waals surface area contributed by atoms with Gasteiger partial charge in [0.2, 0.25) is 0 Å². The number of aliphatic hydroxyl groups excluding tert-OH is 1. The molecule has 2 heterocycles. The molecular weight excluding hydrogens is 310 g/mol. The van der Waals surface area contributed by atoms with E-state index in [0.717, 1.165) is 11.1 Å². The van der Waals surface area contributed by atoms with E-state index >= 15 is 0 Å². The Kier molecular flexibility index (Phi) is 4.60. The molecule has 24 heavy (non-hydrogen) atoms. The minimum atomic E-state index is -1.06. The Morgan fingerprint density at radius 2 is 2.21 bits per heavy atom. The lowest BCUT2D eigenvalue weighted by Gasteiger charge is -2.53. The molecule has 0 amide bonds. The lowest BCUT2D eigenvalue weighted by atomic mass is 9.67. The minimum Gasteiger partial charge on any atom is -0.466 e. The first kappa shape index (κ1) is 16.9. The Hall–Kier alpha value is -1.92. The number of nitrogens with zero attached hydrogens (tertiary/aromatic N) is 1. The van der Waals surface area contributed by atoms with Gasteiger partial charge in [0.1, 0.15) is 0 Å². The number of carbonyl (C=O) groups is 2. The zero-order chi connectivity index (χ0) is 17.3. The van der Waals surface area contributed by atoms with E-state index in [-0.39, 0.29) is 36.9 Å². The number of esters is 2. The van der Waals surface area contributed by atoms with Gasteiger partial charge in [-0.1, -0.05) is 24.3 Å². The molecule has 0 unspecified atom stereocenters. The van der Waals surface area contributed by atoms with Crippen molar-refractivity contribution >= 4 is 11.9 Å². The molecule has 6 heteroatoms. The van der Waals surface area contributed by atoms with E-state index in [1.54, 1.807) is 6.92 Å². The van der Waals surface area contributed by atoms with E-state index in [0.29, 0.717) is 19.6 Å². The van der Waals surface area contributed by atoms with Gasteiger partial charge in [-0.3, -0.25) is 14.5 Å². The van der Waals surface area contributed by atoms with Gasteiger partial charge in [0.15, 0.2) is 5.60 Å². The van der Waals surface area contributed by atoms with Crippen LogP contribution in [0.5, 0.6) is 0 Å². The van der Waals surface area contributed by atoms with E-state index in [2.05, 4.69) is 0 Å². The van der Waals surface area contributed by atoms with Gasteiger partial charge in [-0.25, -0.2) is 0 Å². The quantitative estimate of drug-likeness (QED) is 0.788. The zero-order valence-corrected chi connectivity index (χ0v) is 14.0. The van der Waals surface area contributed by atoms with E-state index in [9.17, 15) is 14.7 Å². The van der Waals surface area contributed by atoms with Gasteiger partial charge < -0.3 is 14.6 Å². The van der Waals surface area contributed by atoms with Crippen LogP contribution in [0.4, 0.5) is 0 Å². The molecule has 3 aliphatic rings. The fraction of sp³-hybridized carbons (Fsp3) is 0.556. The van der Waals surface area contributed by atoms with Crippen LogP contribution in [0, 0.1) is 0 Å². The molecule has 1 aromatic rings. The monoisotopic (exact) mass is 333 g/mol. The van der Waals surface area contributed by atoms with Crippen LogP contribution in [0.2, 0.25) is 0 Å². The highest BCUT2D eigenvalue weighted by Crippen LogP contribution is 2.51. The number of fused-ring (bicyclic) bond motifs is 2. The van der Waals surface area contributed by atoms with Crippen LogP contribution in [-0.2, 0) is 24.7 Å². The van der Waals surface area contributed by atoms with Crippen molar-refractivity contribution in [2.45, 2.75) is 37.3 Å². The first-order chi connectivity index (χ1) is 11.5. The van der Waals surface area contributed by atoms with Gasteiger partial charge in [0.25, 0.3) is 0 Å². The molecule has 130 valence electrons. The first-order valence-electron chi connectivity index (χ1n) is 8.32. The maximum Gasteiger partial charge on any atom is 0.314 e. The number of hydrogen-bond donors (Lipinski definition) is 1. The smallest absolute Gasteiger partial charge is 0.314 e. The molecule has 0 aromatic heterocycles. The third-order valence-electron chi connectivity index (χ3n) is 5.10. The summed E-state index contributed by atoms with van der Waals surface area (Å²) in [4.78, 5) is 25.9. The molecule has 1 aromatic carbocycles. The third kappa shape index (κ3) is 2.59. The summed E-state index contributed by atoms with van der Waals surface area (Å²) >= 11 is 0. The summed E-state index contributed by atoms with van der Waals surface area (Å²) in [5.74, 6) is -0.844. The fourth-order valence-electron chi connectivity index (χ4n) is 3.92. The molecule has 1 saturated heterocycles. The molecule has 0 radical (unpaired) electrons. The van der Waals surface area contributed by atoms with E-state index < -0.39 is 5.60 Å². The van der Waals surface area contributed by atoms with Gasteiger partial charge >= 0.3 is 11.9 Å². The van der Waals surface area contributed by atoms with Crippen molar-refractivity contribution in [1.29, 1.82) is 0 Å². The van der Waals surface area contributed by atoms with Crippen molar-refractivity contribution in [3.05, 3.63) is 35.4 Å². The molecule has 6 nitrogen and oxygen atoms in total. The normalized spacial score (nSPS) is 27.8. The lowest BCUT2D eigenvalue weighted by Crippen LogP contribution is -2.62. The average Bonchev–Trinajstić information content (AvgIpc) is 2.60. The van der Waals surface area contributed by atoms with Crippen molar-refractivity contribution in [2.75, 3.05) is 26.8 Å². The predicted octanol–water partition coefficient (Wildman–Crippen LogP) is 1.17. The summed E-state index contributed by atoms with van der Waals surface area (Å²) in [5, 5.41) is 10.1. The number of aliphatic hydroxyl groups is 1. The summed E-state index contributed by atoms with van der Waals surface area (Å²) in [6.07, 6.45) is 0.846. The third-order valence-corrected chi connectivity index (χ3v) is 5.10. The molecule has 1 aliphatic carbocycles. The molecule has 1 fully saturated rings. The standard InChI is InChI=1S/C18H23NO5/c1-3-23-16(21)8-9-19(2)15-10-13-12-6-4-5-7-14(12)18(15,11-20)24-17(13)22/h4-7,13,15,20H,3,8-11H2,1-2H3/t13-,15-,18-/m1/s1. The van der Waals surface area contributed by atoms with Crippen molar-refractivity contribution in [3.8, 4) is 0 Å². The van der Waals surface area contributed by atoms with Crippen LogP contribution in [0.1, 0.15) is 36.8 Å². The van der Waals surface area contributed by atoms with Crippen LogP contribution in [0.15, 0.2) is 24.3 Å². The van der Waals surface area contributed by atoms with Gasteiger partial charge in [0, 0.05) is 12.1 Å². The second-order valence-corrected chi connectivity index (χ2v) is 6.40. The van der Waals surface area contributed by atoms with Crippen molar-refractivity contribution in [3.63, 3.8) is 0 Å². The molecule has 2 aliphatic heterocycles. The van der Waals surface area contributed by atoms with Gasteiger partial charge in [-0.2, -0.15) is 0 Å². The highest BCUT2D eigenvalue weighted by Gasteiger charge is 2.58. The fourth-order valence-corrected chi connectivity index (χ4v) is 3.92. The summed E-state index contributed by atoms with van der Waals surface area (Å²) in [6.45, 7) is 2.34. The number of ether oxygens (including phenoxy) is 2. The summed E-state index contributed by atoms with van der Waals surface area (Å²) < 4.78 is 10.7. The second kappa shape index (κ2) is 6.53. The van der Waals surface area contributed by atoms with Crippen LogP contribution in [0.3, 0.4) is 0 Å². The number of likely N-dealkylation sites (N-methyl/N-ethyl adjacent to an activating group) is 1.